The Morgan fingerprint density at radius 1 is 0.506 bits per heavy atom. The highest BCUT2D eigenvalue weighted by Crippen LogP contribution is 2.31. The van der Waals surface area contributed by atoms with Crippen molar-refractivity contribution in [2.45, 2.75) is 59.8 Å². The molecule has 21 heteroatoms. The number of hydrogen-bond acceptors (Lipinski definition) is 15. The molecular formula is C56H83N5O16. The van der Waals surface area contributed by atoms with Crippen LogP contribution in [0.15, 0.2) is 59.0 Å². The van der Waals surface area contributed by atoms with Gasteiger partial charge in [0.15, 0.2) is 0 Å². The van der Waals surface area contributed by atoms with Gasteiger partial charge in [-0.15, -0.1) is 0 Å². The summed E-state index contributed by atoms with van der Waals surface area (Å²) in [7, 11) is 1.64. The van der Waals surface area contributed by atoms with Crippen molar-refractivity contribution in [2.75, 3.05) is 152 Å². The Morgan fingerprint density at radius 3 is 1.14 bits per heavy atom. The van der Waals surface area contributed by atoms with Crippen molar-refractivity contribution < 1.29 is 76.4 Å². The molecule has 0 atom stereocenters. The van der Waals surface area contributed by atoms with Gasteiger partial charge in [-0.2, -0.15) is 0 Å². The molecule has 428 valence electrons. The van der Waals surface area contributed by atoms with Crippen LogP contribution < -0.4 is 16.0 Å². The minimum absolute atomic E-state index is 0.0773. The normalized spacial score (nSPS) is 14.7. The van der Waals surface area contributed by atoms with E-state index >= 15 is 0 Å². The maximum Gasteiger partial charge on any atom is 0.303 e. The summed E-state index contributed by atoms with van der Waals surface area (Å²) in [4.78, 5) is 57.3. The van der Waals surface area contributed by atoms with Crippen LogP contribution in [0.3, 0.4) is 0 Å². The number of ether oxygens (including phenoxy) is 11. The highest BCUT2D eigenvalue weighted by atomic mass is 16.6. The molecule has 4 heterocycles. The number of rotatable bonds is 45. The van der Waals surface area contributed by atoms with E-state index in [1.54, 1.807) is 7.11 Å². The molecule has 2 aromatic heterocycles. The first-order chi connectivity index (χ1) is 37.4. The largest absolute Gasteiger partial charge is 0.481 e. The molecule has 3 amide bonds. The monoisotopic (exact) mass is 1080 g/mol. The SMILES string of the molecule is C=CC1=C(C)/C(=C/c2[nH]c(Cc3[nH]c(/C=C4\NC(=O)C(C=C)=C4C)c(C)c3CCC(=O)NCCOCCOCCOCCOCCOCCOCCOCCOCCOCCOCCOC)c(CCC(=O)O)c2C)NC1=O. The number of carboxylic acid groups (broad SMARTS) is 1. The molecule has 6 N–H and O–H groups in total. The molecule has 0 bridgehead atoms. The fraction of sp³-hybridized carbons (Fsp3) is 0.571. The molecule has 2 aromatic rings. The number of amides is 3. The van der Waals surface area contributed by atoms with E-state index in [4.69, 9.17) is 52.1 Å². The maximum atomic E-state index is 13.2. The lowest BCUT2D eigenvalue weighted by Gasteiger charge is -2.10. The fourth-order valence-electron chi connectivity index (χ4n) is 8.20. The van der Waals surface area contributed by atoms with Crippen molar-refractivity contribution in [2.24, 2.45) is 0 Å². The van der Waals surface area contributed by atoms with E-state index in [1.165, 1.54) is 12.2 Å². The summed E-state index contributed by atoms with van der Waals surface area (Å²) in [5, 5.41) is 18.4. The van der Waals surface area contributed by atoms with Crippen LogP contribution in [0.1, 0.15) is 71.7 Å². The van der Waals surface area contributed by atoms with E-state index in [1.807, 2.05) is 39.8 Å². The van der Waals surface area contributed by atoms with Gasteiger partial charge in [-0.1, -0.05) is 25.3 Å². The van der Waals surface area contributed by atoms with Gasteiger partial charge in [0.25, 0.3) is 11.8 Å². The van der Waals surface area contributed by atoms with Crippen molar-refractivity contribution in [1.29, 1.82) is 0 Å². The molecule has 2 aliphatic rings. The van der Waals surface area contributed by atoms with E-state index in [0.29, 0.717) is 181 Å². The Bertz CT molecular complexity index is 2330. The van der Waals surface area contributed by atoms with Gasteiger partial charge in [-0.25, -0.2) is 0 Å². The lowest BCUT2D eigenvalue weighted by atomic mass is 9.98. The summed E-state index contributed by atoms with van der Waals surface area (Å²) in [6.45, 7) is 25.2. The molecule has 21 nitrogen and oxygen atoms in total. The molecule has 0 aromatic carbocycles. The van der Waals surface area contributed by atoms with E-state index in [9.17, 15) is 24.3 Å². The van der Waals surface area contributed by atoms with Gasteiger partial charge in [0.1, 0.15) is 0 Å². The summed E-state index contributed by atoms with van der Waals surface area (Å²) < 4.78 is 60.0. The van der Waals surface area contributed by atoms with Gasteiger partial charge in [0, 0.05) is 78.2 Å². The molecule has 0 spiro atoms. The molecule has 0 saturated carbocycles. The van der Waals surface area contributed by atoms with Crippen LogP contribution in [0.25, 0.3) is 12.2 Å². The molecule has 0 fully saturated rings. The van der Waals surface area contributed by atoms with E-state index in [2.05, 4.69) is 39.1 Å². The van der Waals surface area contributed by atoms with Crippen molar-refractivity contribution in [3.05, 3.63) is 104 Å². The van der Waals surface area contributed by atoms with Crippen LogP contribution in [0.2, 0.25) is 0 Å². The van der Waals surface area contributed by atoms with Crippen LogP contribution >= 0.6 is 0 Å². The van der Waals surface area contributed by atoms with Gasteiger partial charge in [-0.05, 0) is 86.1 Å². The standard InChI is InChI=1S/C56H83N5O16/c1-8-43-39(3)49(60-55(43)65)36-47-41(5)45(51(58-47)38-52-46(11-13-54(63)64)42(6)48(59-52)37-50-40(4)44(9-2)56(66)61-50)10-12-53(62)57-14-15-68-18-19-70-22-23-72-26-27-74-30-31-76-34-35-77-33-32-75-29-28-73-25-24-71-21-20-69-17-16-67-7/h8-9,36-37,58-59H,1-2,10-35,38H2,3-7H3,(H,57,62)(H,60,65)(H,61,66)(H,63,64)/b49-36-,50-37-. The van der Waals surface area contributed by atoms with Crippen LogP contribution in [0.4, 0.5) is 0 Å². The number of aliphatic carboxylic acids is 1. The topological polar surface area (TPSA) is 258 Å². The van der Waals surface area contributed by atoms with Crippen LogP contribution in [-0.4, -0.2) is 191 Å². The van der Waals surface area contributed by atoms with Crippen molar-refractivity contribution >= 4 is 35.8 Å². The van der Waals surface area contributed by atoms with Gasteiger partial charge in [-0.3, -0.25) is 19.2 Å². The third-order valence-corrected chi connectivity index (χ3v) is 12.5. The molecule has 0 saturated heterocycles. The smallest absolute Gasteiger partial charge is 0.303 e. The zero-order valence-corrected chi connectivity index (χ0v) is 45.9. The van der Waals surface area contributed by atoms with Crippen LogP contribution in [0, 0.1) is 13.8 Å². The molecule has 0 aliphatic carbocycles. The first-order valence-corrected chi connectivity index (χ1v) is 26.3. The number of aromatic nitrogens is 2. The van der Waals surface area contributed by atoms with Crippen molar-refractivity contribution in [1.82, 2.24) is 25.9 Å². The second-order valence-electron chi connectivity index (χ2n) is 17.8. The third-order valence-electron chi connectivity index (χ3n) is 12.5. The molecule has 77 heavy (non-hydrogen) atoms. The fourth-order valence-corrected chi connectivity index (χ4v) is 8.20. The second kappa shape index (κ2) is 37.3. The van der Waals surface area contributed by atoms with Gasteiger partial charge < -0.3 is 83.1 Å². The lowest BCUT2D eigenvalue weighted by Crippen LogP contribution is -2.28. The second-order valence-corrected chi connectivity index (χ2v) is 17.8. The van der Waals surface area contributed by atoms with Gasteiger partial charge in [0.2, 0.25) is 5.91 Å². The maximum absolute atomic E-state index is 13.2. The van der Waals surface area contributed by atoms with Gasteiger partial charge in [0.05, 0.1) is 139 Å². The number of allylic oxidation sites excluding steroid dienone is 2. The Morgan fingerprint density at radius 2 is 0.831 bits per heavy atom. The van der Waals surface area contributed by atoms with E-state index < -0.39 is 5.97 Å². The number of carbonyl (C=O) groups is 4. The quantitative estimate of drug-likeness (QED) is 0.0504. The van der Waals surface area contributed by atoms with Gasteiger partial charge >= 0.3 is 5.97 Å². The zero-order valence-electron chi connectivity index (χ0n) is 45.9. The number of H-pyrrole nitrogens is 2. The summed E-state index contributed by atoms with van der Waals surface area (Å²) in [6, 6.07) is 0. The summed E-state index contributed by atoms with van der Waals surface area (Å²) in [6.07, 6.45) is 7.98. The average Bonchev–Trinajstić information content (AvgIpc) is 4.08. The number of aromatic amines is 2. The number of carbonyl (C=O) groups excluding carboxylic acids is 3. The Labute approximate surface area is 453 Å². The predicted molar refractivity (Wildman–Crippen MR) is 289 cm³/mol. The van der Waals surface area contributed by atoms with Crippen LogP contribution in [-0.2, 0) is 90.5 Å². The third kappa shape index (κ3) is 23.1. The summed E-state index contributed by atoms with van der Waals surface area (Å²) in [5.74, 6) is -1.53. The molecule has 0 unspecified atom stereocenters. The molecule has 0 radical (unpaired) electrons. The minimum Gasteiger partial charge on any atom is -0.481 e. The molecular weight excluding hydrogens is 999 g/mol. The van der Waals surface area contributed by atoms with E-state index in [0.717, 1.165) is 56.2 Å². The lowest BCUT2D eigenvalue weighted by molar-refractivity contribution is -0.137. The number of carboxylic acids is 1. The predicted octanol–water partition coefficient (Wildman–Crippen LogP) is 4.38. The number of hydrogen-bond donors (Lipinski definition) is 6. The Kier molecular flexibility index (Phi) is 31.0. The average molecular weight is 1080 g/mol. The summed E-state index contributed by atoms with van der Waals surface area (Å²) in [5.41, 5.74) is 10.5. The zero-order chi connectivity index (χ0) is 55.6. The molecule has 2 aliphatic heterocycles. The highest BCUT2D eigenvalue weighted by Gasteiger charge is 2.26. The Balaban J connectivity index is 1.09. The van der Waals surface area contributed by atoms with Crippen LogP contribution in [0.5, 0.6) is 0 Å². The first-order valence-electron chi connectivity index (χ1n) is 26.3. The number of nitrogens with one attached hydrogen (secondary N) is 5. The highest BCUT2D eigenvalue weighted by molar-refractivity contribution is 6.04. The Hall–Kier alpha value is -5.56. The van der Waals surface area contributed by atoms with E-state index in [-0.39, 0.29) is 37.0 Å². The number of methoxy groups -OCH3 is 1. The van der Waals surface area contributed by atoms with Crippen molar-refractivity contribution in [3.63, 3.8) is 0 Å². The van der Waals surface area contributed by atoms with Crippen molar-refractivity contribution in [3.8, 4) is 0 Å². The molecule has 4 rings (SSSR count). The minimum atomic E-state index is -0.921. The first kappa shape index (κ1) is 64.0. The summed E-state index contributed by atoms with van der Waals surface area (Å²) >= 11 is 0.